The third-order valence-corrected chi connectivity index (χ3v) is 5.21. The Morgan fingerprint density at radius 3 is 2.90 bits per heavy atom. The van der Waals surface area contributed by atoms with E-state index in [1.54, 1.807) is 6.07 Å². The van der Waals surface area contributed by atoms with Crippen molar-refractivity contribution < 1.29 is 4.79 Å². The Labute approximate surface area is 133 Å². The molecule has 1 aromatic carbocycles. The first kappa shape index (κ1) is 14.7. The summed E-state index contributed by atoms with van der Waals surface area (Å²) < 4.78 is 0.0918. The zero-order valence-electron chi connectivity index (χ0n) is 12.1. The largest absolute Gasteiger partial charge is 0.335 e. The van der Waals surface area contributed by atoms with Gasteiger partial charge in [-0.1, -0.05) is 29.8 Å². The number of benzene rings is 1. The number of hydrogen-bond acceptors (Lipinski definition) is 3. The minimum atomic E-state index is -0.0315. The first-order valence-corrected chi connectivity index (χ1v) is 8.31. The molecule has 0 bridgehead atoms. The van der Waals surface area contributed by atoms with E-state index in [0.717, 1.165) is 29.7 Å². The highest BCUT2D eigenvalue weighted by atomic mass is 35.5. The van der Waals surface area contributed by atoms with Crippen molar-refractivity contribution in [3.63, 3.8) is 0 Å². The van der Waals surface area contributed by atoms with Gasteiger partial charge in [0.25, 0.3) is 5.91 Å². The maximum atomic E-state index is 12.7. The average Bonchev–Trinajstić information content (AvgIpc) is 2.45. The molecule has 0 saturated carbocycles. The normalized spacial score (nSPS) is 18.0. The highest BCUT2D eigenvalue weighted by Gasteiger charge is 2.30. The van der Waals surface area contributed by atoms with E-state index in [1.165, 1.54) is 0 Å². The molecule has 1 aliphatic rings. The van der Waals surface area contributed by atoms with Gasteiger partial charge in [0, 0.05) is 29.0 Å². The lowest BCUT2D eigenvalue weighted by Crippen LogP contribution is -2.46. The number of amides is 1. The van der Waals surface area contributed by atoms with Crippen molar-refractivity contribution in [3.05, 3.63) is 41.0 Å². The van der Waals surface area contributed by atoms with Gasteiger partial charge in [0.1, 0.15) is 5.69 Å². The molecule has 1 amide bonds. The van der Waals surface area contributed by atoms with Crippen LogP contribution < -0.4 is 0 Å². The molecule has 3 nitrogen and oxygen atoms in total. The number of fused-ring (bicyclic) bond motifs is 1. The summed E-state index contributed by atoms with van der Waals surface area (Å²) in [6.45, 7) is 5.83. The van der Waals surface area contributed by atoms with Gasteiger partial charge in [0.15, 0.2) is 0 Å². The van der Waals surface area contributed by atoms with E-state index < -0.39 is 0 Å². The molecule has 0 aliphatic carbocycles. The monoisotopic (exact) mass is 320 g/mol. The zero-order valence-corrected chi connectivity index (χ0v) is 13.7. The number of nitrogens with zero attached hydrogens (tertiary/aromatic N) is 2. The maximum Gasteiger partial charge on any atom is 0.272 e. The van der Waals surface area contributed by atoms with E-state index in [9.17, 15) is 4.79 Å². The second-order valence-electron chi connectivity index (χ2n) is 5.84. The highest BCUT2D eigenvalue weighted by Crippen LogP contribution is 2.30. The van der Waals surface area contributed by atoms with Gasteiger partial charge in [-0.2, -0.15) is 11.8 Å². The van der Waals surface area contributed by atoms with E-state index in [2.05, 4.69) is 18.8 Å². The topological polar surface area (TPSA) is 33.2 Å². The standard InChI is InChI=1S/C16H17ClN2OS/c1-16(2)10-19(7-8-21-16)15(20)14-9-12(17)11-5-3-4-6-13(11)18-14/h3-6,9H,7-8,10H2,1-2H3. The van der Waals surface area contributed by atoms with Crippen LogP contribution in [0.4, 0.5) is 0 Å². The lowest BCUT2D eigenvalue weighted by Gasteiger charge is -2.37. The van der Waals surface area contributed by atoms with Crippen LogP contribution in [-0.2, 0) is 0 Å². The summed E-state index contributed by atoms with van der Waals surface area (Å²) in [5.74, 6) is 0.927. The fourth-order valence-corrected chi connectivity index (χ4v) is 3.97. The van der Waals surface area contributed by atoms with Gasteiger partial charge in [-0.05, 0) is 26.0 Å². The van der Waals surface area contributed by atoms with Gasteiger partial charge in [-0.3, -0.25) is 4.79 Å². The predicted octanol–water partition coefficient (Wildman–Crippen LogP) is 3.86. The highest BCUT2D eigenvalue weighted by molar-refractivity contribution is 8.00. The number of hydrogen-bond donors (Lipinski definition) is 0. The molecular formula is C16H17ClN2OS. The Morgan fingerprint density at radius 2 is 2.14 bits per heavy atom. The number of rotatable bonds is 1. The summed E-state index contributed by atoms with van der Waals surface area (Å²) in [5.41, 5.74) is 1.19. The van der Waals surface area contributed by atoms with Crippen molar-refractivity contribution in [2.75, 3.05) is 18.8 Å². The van der Waals surface area contributed by atoms with Gasteiger partial charge in [-0.15, -0.1) is 0 Å². The fourth-order valence-electron chi connectivity index (χ4n) is 2.59. The number of pyridine rings is 1. The Bertz CT molecular complexity index is 702. The van der Waals surface area contributed by atoms with Crippen molar-refractivity contribution in [1.82, 2.24) is 9.88 Å². The molecular weight excluding hydrogens is 304 g/mol. The predicted molar refractivity (Wildman–Crippen MR) is 89.2 cm³/mol. The summed E-state index contributed by atoms with van der Waals surface area (Å²) in [7, 11) is 0. The molecule has 1 aliphatic heterocycles. The molecule has 1 fully saturated rings. The SMILES string of the molecule is CC1(C)CN(C(=O)c2cc(Cl)c3ccccc3n2)CCS1. The molecule has 21 heavy (non-hydrogen) atoms. The number of carbonyl (C=O) groups is 1. The Morgan fingerprint density at radius 1 is 1.38 bits per heavy atom. The number of thioether (sulfide) groups is 1. The lowest BCUT2D eigenvalue weighted by atomic mass is 10.1. The van der Waals surface area contributed by atoms with E-state index in [1.807, 2.05) is 40.9 Å². The van der Waals surface area contributed by atoms with Gasteiger partial charge in [0.05, 0.1) is 10.5 Å². The molecule has 2 aromatic rings. The van der Waals surface area contributed by atoms with Crippen LogP contribution in [-0.4, -0.2) is 39.4 Å². The zero-order chi connectivity index (χ0) is 15.0. The quantitative estimate of drug-likeness (QED) is 0.800. The minimum Gasteiger partial charge on any atom is -0.335 e. The molecule has 0 atom stereocenters. The molecule has 0 unspecified atom stereocenters. The first-order valence-electron chi connectivity index (χ1n) is 6.95. The van der Waals surface area contributed by atoms with Crippen LogP contribution in [0, 0.1) is 0 Å². The second kappa shape index (κ2) is 5.50. The van der Waals surface area contributed by atoms with Crippen LogP contribution in [0.25, 0.3) is 10.9 Å². The van der Waals surface area contributed by atoms with Crippen LogP contribution >= 0.6 is 23.4 Å². The van der Waals surface area contributed by atoms with Gasteiger partial charge in [0.2, 0.25) is 0 Å². The van der Waals surface area contributed by atoms with Crippen molar-refractivity contribution in [3.8, 4) is 0 Å². The van der Waals surface area contributed by atoms with E-state index in [-0.39, 0.29) is 10.7 Å². The Balaban J connectivity index is 1.94. The number of carbonyl (C=O) groups excluding carboxylic acids is 1. The molecule has 3 rings (SSSR count). The van der Waals surface area contributed by atoms with Crippen molar-refractivity contribution in [2.45, 2.75) is 18.6 Å². The molecule has 110 valence electrons. The second-order valence-corrected chi connectivity index (χ2v) is 8.05. The minimum absolute atomic E-state index is 0.0315. The molecule has 0 spiro atoms. The Kier molecular flexibility index (Phi) is 3.84. The summed E-state index contributed by atoms with van der Waals surface area (Å²) in [6, 6.07) is 9.30. The Hall–Kier alpha value is -1.26. The molecule has 0 radical (unpaired) electrons. The van der Waals surface area contributed by atoms with E-state index >= 15 is 0 Å². The van der Waals surface area contributed by atoms with Gasteiger partial charge >= 0.3 is 0 Å². The van der Waals surface area contributed by atoms with Crippen molar-refractivity contribution in [1.29, 1.82) is 0 Å². The third kappa shape index (κ3) is 3.01. The number of aromatic nitrogens is 1. The third-order valence-electron chi connectivity index (χ3n) is 3.60. The van der Waals surface area contributed by atoms with E-state index in [4.69, 9.17) is 11.6 Å². The van der Waals surface area contributed by atoms with Crippen LogP contribution in [0.5, 0.6) is 0 Å². The van der Waals surface area contributed by atoms with E-state index in [0.29, 0.717) is 10.7 Å². The van der Waals surface area contributed by atoms with Crippen LogP contribution in [0.3, 0.4) is 0 Å². The maximum absolute atomic E-state index is 12.7. The molecule has 1 aromatic heterocycles. The molecule has 1 saturated heterocycles. The van der Waals surface area contributed by atoms with Crippen LogP contribution in [0.2, 0.25) is 5.02 Å². The number of halogens is 1. The lowest BCUT2D eigenvalue weighted by molar-refractivity contribution is 0.0742. The van der Waals surface area contributed by atoms with Crippen LogP contribution in [0.15, 0.2) is 30.3 Å². The molecule has 2 heterocycles. The van der Waals surface area contributed by atoms with Crippen LogP contribution in [0.1, 0.15) is 24.3 Å². The summed E-state index contributed by atoms with van der Waals surface area (Å²) in [4.78, 5) is 19.0. The fraction of sp³-hybridized carbons (Fsp3) is 0.375. The van der Waals surface area contributed by atoms with Crippen molar-refractivity contribution >= 4 is 40.2 Å². The molecule has 0 N–H and O–H groups in total. The first-order chi connectivity index (χ1) is 9.96. The number of para-hydroxylation sites is 1. The summed E-state index contributed by atoms with van der Waals surface area (Å²) >= 11 is 8.19. The van der Waals surface area contributed by atoms with Gasteiger partial charge in [-0.25, -0.2) is 4.98 Å². The average molecular weight is 321 g/mol. The summed E-state index contributed by atoms with van der Waals surface area (Å²) in [6.07, 6.45) is 0. The smallest absolute Gasteiger partial charge is 0.272 e. The molecule has 5 heteroatoms. The van der Waals surface area contributed by atoms with Gasteiger partial charge < -0.3 is 4.90 Å². The van der Waals surface area contributed by atoms with Crippen molar-refractivity contribution in [2.24, 2.45) is 0 Å². The summed E-state index contributed by atoms with van der Waals surface area (Å²) in [5, 5.41) is 1.46.